The highest BCUT2D eigenvalue weighted by Gasteiger charge is 2.35. The van der Waals surface area contributed by atoms with Crippen LogP contribution in [0.5, 0.6) is 0 Å². The molecule has 0 heterocycles. The zero-order valence-corrected chi connectivity index (χ0v) is 20.3. The molecule has 0 nitrogen and oxygen atoms in total. The number of benzene rings is 2. The molecule has 2 aliphatic rings. The maximum Gasteiger partial charge on any atom is 0.0566 e. The molecule has 0 aromatic heterocycles. The van der Waals surface area contributed by atoms with E-state index >= 15 is 0 Å². The average molecular weight is 403 g/mol. The standard InChI is InChI=1S/C26H34Si2/c1-27(2,3)25-17-19(21-11-7-9-13-23(21)25)15-16-20-18-26(28(4,5)6)24-14-10-8-12-22(20)24/h7-14,17-18,25-26H,15-16H2,1-6H3/t25-,26+. The van der Waals surface area contributed by atoms with Crippen LogP contribution in [0.1, 0.15) is 46.2 Å². The van der Waals surface area contributed by atoms with Crippen LogP contribution < -0.4 is 0 Å². The van der Waals surface area contributed by atoms with Crippen molar-refractivity contribution >= 4 is 27.3 Å². The summed E-state index contributed by atoms with van der Waals surface area (Å²) in [5, 5.41) is 0. The van der Waals surface area contributed by atoms with Gasteiger partial charge in [0.15, 0.2) is 0 Å². The molecule has 0 saturated carbocycles. The van der Waals surface area contributed by atoms with E-state index in [-0.39, 0.29) is 0 Å². The number of hydrogen-bond donors (Lipinski definition) is 0. The van der Waals surface area contributed by atoms with Crippen molar-refractivity contribution in [2.75, 3.05) is 0 Å². The van der Waals surface area contributed by atoms with Crippen LogP contribution in [0, 0.1) is 0 Å². The molecule has 2 aromatic carbocycles. The van der Waals surface area contributed by atoms with Gasteiger partial charge < -0.3 is 0 Å². The highest BCUT2D eigenvalue weighted by molar-refractivity contribution is 6.78. The smallest absolute Gasteiger partial charge is 0.0566 e. The largest absolute Gasteiger partial charge is 0.0759 e. The summed E-state index contributed by atoms with van der Waals surface area (Å²) in [5.74, 6) is 0. The summed E-state index contributed by atoms with van der Waals surface area (Å²) in [6, 6.07) is 18.3. The summed E-state index contributed by atoms with van der Waals surface area (Å²) in [5.41, 5.74) is 10.7. The third kappa shape index (κ3) is 3.53. The van der Waals surface area contributed by atoms with Gasteiger partial charge in [-0.15, -0.1) is 0 Å². The minimum absolute atomic E-state index is 0.665. The summed E-state index contributed by atoms with van der Waals surface area (Å²) >= 11 is 0. The summed E-state index contributed by atoms with van der Waals surface area (Å²) in [6.45, 7) is 15.0. The SMILES string of the molecule is C[Si](C)(C)[C@@H]1C=C(CCC2=C[C@H]([Si](C)(C)C)c3ccccc32)c2ccccc21. The first-order valence-electron chi connectivity index (χ1n) is 10.8. The van der Waals surface area contributed by atoms with Gasteiger partial charge in [0.2, 0.25) is 0 Å². The zero-order chi connectivity index (χ0) is 20.1. The Bertz CT molecular complexity index is 871. The molecule has 4 rings (SSSR count). The predicted octanol–water partition coefficient (Wildman–Crippen LogP) is 7.88. The molecule has 2 atom stereocenters. The van der Waals surface area contributed by atoms with Gasteiger partial charge in [0, 0.05) is 0 Å². The molecule has 0 radical (unpaired) electrons. The van der Waals surface area contributed by atoms with Crippen molar-refractivity contribution in [2.24, 2.45) is 0 Å². The molecule has 0 bridgehead atoms. The molecule has 0 fully saturated rings. The molecule has 0 spiro atoms. The lowest BCUT2D eigenvalue weighted by atomic mass is 9.97. The highest BCUT2D eigenvalue weighted by atomic mass is 28.3. The van der Waals surface area contributed by atoms with Crippen LogP contribution in [-0.4, -0.2) is 16.1 Å². The Kier molecular flexibility index (Phi) is 4.91. The first kappa shape index (κ1) is 19.7. The molecule has 0 N–H and O–H groups in total. The average Bonchev–Trinajstić information content (AvgIpc) is 3.18. The number of allylic oxidation sites excluding steroid dienone is 4. The lowest BCUT2D eigenvalue weighted by Gasteiger charge is -2.24. The summed E-state index contributed by atoms with van der Waals surface area (Å²) in [6.07, 6.45) is 7.57. The van der Waals surface area contributed by atoms with Gasteiger partial charge in [-0.25, -0.2) is 0 Å². The third-order valence-corrected chi connectivity index (χ3v) is 11.2. The van der Waals surface area contributed by atoms with Gasteiger partial charge in [0.1, 0.15) is 0 Å². The van der Waals surface area contributed by atoms with Gasteiger partial charge in [0.25, 0.3) is 0 Å². The van der Waals surface area contributed by atoms with Crippen LogP contribution in [0.25, 0.3) is 11.1 Å². The van der Waals surface area contributed by atoms with Crippen LogP contribution in [-0.2, 0) is 0 Å². The fourth-order valence-electron chi connectivity index (χ4n) is 5.02. The molecule has 146 valence electrons. The van der Waals surface area contributed by atoms with Crippen molar-refractivity contribution in [1.82, 2.24) is 0 Å². The van der Waals surface area contributed by atoms with E-state index < -0.39 is 16.1 Å². The van der Waals surface area contributed by atoms with Crippen molar-refractivity contribution in [1.29, 1.82) is 0 Å². The van der Waals surface area contributed by atoms with Gasteiger partial charge in [-0.05, 0) is 57.3 Å². The highest BCUT2D eigenvalue weighted by Crippen LogP contribution is 2.46. The van der Waals surface area contributed by atoms with E-state index in [0.717, 1.165) is 12.8 Å². The maximum absolute atomic E-state index is 2.62. The van der Waals surface area contributed by atoms with Crippen LogP contribution in [0.4, 0.5) is 0 Å². The van der Waals surface area contributed by atoms with Gasteiger partial charge in [-0.3, -0.25) is 0 Å². The zero-order valence-electron chi connectivity index (χ0n) is 18.3. The second-order valence-electron chi connectivity index (χ2n) is 10.7. The first-order chi connectivity index (χ1) is 13.2. The molecular formula is C26H34Si2. The van der Waals surface area contributed by atoms with E-state index in [1.807, 2.05) is 0 Å². The summed E-state index contributed by atoms with van der Waals surface area (Å²) in [4.78, 5) is 0. The van der Waals surface area contributed by atoms with Crippen LogP contribution >= 0.6 is 0 Å². The Labute approximate surface area is 173 Å². The fourth-order valence-corrected chi connectivity index (χ4v) is 8.79. The quantitative estimate of drug-likeness (QED) is 0.446. The Morgan fingerprint density at radius 2 is 0.929 bits per heavy atom. The minimum Gasteiger partial charge on any atom is -0.0759 e. The molecule has 2 heteroatoms. The van der Waals surface area contributed by atoms with Gasteiger partial charge in [0.05, 0.1) is 16.1 Å². The monoisotopic (exact) mass is 402 g/mol. The van der Waals surface area contributed by atoms with E-state index in [1.165, 1.54) is 11.1 Å². The Morgan fingerprint density at radius 3 is 1.29 bits per heavy atom. The van der Waals surface area contributed by atoms with Crippen molar-refractivity contribution in [3.63, 3.8) is 0 Å². The second-order valence-corrected chi connectivity index (χ2v) is 21.5. The van der Waals surface area contributed by atoms with Crippen molar-refractivity contribution < 1.29 is 0 Å². The van der Waals surface area contributed by atoms with Gasteiger partial charge in [-0.1, -0.05) is 100.0 Å². The van der Waals surface area contributed by atoms with Crippen LogP contribution in [0.15, 0.2) is 60.7 Å². The third-order valence-electron chi connectivity index (χ3n) is 6.55. The normalized spacial score (nSPS) is 21.2. The maximum atomic E-state index is 2.62. The number of hydrogen-bond acceptors (Lipinski definition) is 0. The summed E-state index contributed by atoms with van der Waals surface area (Å²) < 4.78 is 0. The van der Waals surface area contributed by atoms with Gasteiger partial charge >= 0.3 is 0 Å². The Hall–Kier alpha value is -1.65. The summed E-state index contributed by atoms with van der Waals surface area (Å²) in [7, 11) is -2.51. The number of fused-ring (bicyclic) bond motifs is 2. The van der Waals surface area contributed by atoms with Crippen molar-refractivity contribution in [2.45, 2.75) is 63.2 Å². The molecule has 0 amide bonds. The van der Waals surface area contributed by atoms with Crippen molar-refractivity contribution in [3.8, 4) is 0 Å². The Balaban J connectivity index is 1.62. The second kappa shape index (κ2) is 7.00. The topological polar surface area (TPSA) is 0 Å². The van der Waals surface area contributed by atoms with E-state index in [4.69, 9.17) is 0 Å². The molecule has 0 aliphatic heterocycles. The molecular weight excluding hydrogens is 368 g/mol. The van der Waals surface area contributed by atoms with Crippen LogP contribution in [0.3, 0.4) is 0 Å². The minimum atomic E-state index is -1.26. The molecule has 0 unspecified atom stereocenters. The lowest BCUT2D eigenvalue weighted by molar-refractivity contribution is 1.09. The van der Waals surface area contributed by atoms with E-state index in [0.29, 0.717) is 11.1 Å². The molecule has 2 aromatic rings. The van der Waals surface area contributed by atoms with E-state index in [2.05, 4.69) is 100.0 Å². The molecule has 28 heavy (non-hydrogen) atoms. The predicted molar refractivity (Wildman–Crippen MR) is 130 cm³/mol. The lowest BCUT2D eigenvalue weighted by Crippen LogP contribution is -2.28. The van der Waals surface area contributed by atoms with E-state index in [1.54, 1.807) is 22.3 Å². The van der Waals surface area contributed by atoms with E-state index in [9.17, 15) is 0 Å². The Morgan fingerprint density at radius 1 is 0.571 bits per heavy atom. The fraction of sp³-hybridized carbons (Fsp3) is 0.385. The first-order valence-corrected chi connectivity index (χ1v) is 17.9. The molecule has 2 aliphatic carbocycles. The van der Waals surface area contributed by atoms with Crippen molar-refractivity contribution in [3.05, 3.63) is 82.9 Å². The number of rotatable bonds is 5. The van der Waals surface area contributed by atoms with Gasteiger partial charge in [-0.2, -0.15) is 0 Å². The molecule has 0 saturated heterocycles. The van der Waals surface area contributed by atoms with Crippen LogP contribution in [0.2, 0.25) is 39.3 Å².